The van der Waals surface area contributed by atoms with E-state index in [0.29, 0.717) is 5.56 Å². The van der Waals surface area contributed by atoms with E-state index in [2.05, 4.69) is 63.7 Å². The van der Waals surface area contributed by atoms with Crippen LogP contribution in [0.25, 0.3) is 0 Å². The van der Waals surface area contributed by atoms with Crippen molar-refractivity contribution in [3.8, 4) is 0 Å². The van der Waals surface area contributed by atoms with Crippen molar-refractivity contribution in [2.75, 3.05) is 11.9 Å². The van der Waals surface area contributed by atoms with Crippen LogP contribution in [0.2, 0.25) is 0 Å². The van der Waals surface area contributed by atoms with Crippen molar-refractivity contribution in [2.45, 2.75) is 0 Å². The molecule has 1 amide bonds. The summed E-state index contributed by atoms with van der Waals surface area (Å²) in [4.78, 5) is 14.0. The van der Waals surface area contributed by atoms with Crippen molar-refractivity contribution >= 4 is 98.0 Å². The minimum Gasteiger partial charge on any atom is -0.309 e. The van der Waals surface area contributed by atoms with Crippen LogP contribution >= 0.6 is 86.4 Å². The van der Waals surface area contributed by atoms with Crippen molar-refractivity contribution in [1.29, 1.82) is 0 Å². The molecule has 0 fully saturated rings. The fourth-order valence-corrected chi connectivity index (χ4v) is 7.01. The van der Waals surface area contributed by atoms with Gasteiger partial charge in [-0.1, -0.05) is 0 Å². The quantitative estimate of drug-likeness (QED) is 0.450. The molecule has 0 N–H and O–H groups in total. The number of hydrogen-bond acceptors (Lipinski definition) is 3. The number of carbonyl (C=O) groups is 1. The monoisotopic (exact) mass is 535 g/mol. The lowest BCUT2D eigenvalue weighted by molar-refractivity contribution is 0.0993. The Bertz CT molecular complexity index is 607. The smallest absolute Gasteiger partial charge is 0.260 e. The summed E-state index contributed by atoms with van der Waals surface area (Å²) >= 11 is 16.7. The Morgan fingerprint density at radius 2 is 1.61 bits per heavy atom. The van der Waals surface area contributed by atoms with E-state index in [1.54, 1.807) is 23.3 Å². The molecular formula is C10H5Br4NOS2. The van der Waals surface area contributed by atoms with Crippen LogP contribution < -0.4 is 4.90 Å². The standard InChI is InChI=1S/C10H5Br4NOS2/c1-15(5-3-7(12)18-9(5)14)10(16)4-2-6(11)17-8(4)13/h2-3H,1H3. The van der Waals surface area contributed by atoms with Gasteiger partial charge in [0.15, 0.2) is 0 Å². The molecule has 0 spiro atoms. The maximum Gasteiger partial charge on any atom is 0.260 e. The Balaban J connectivity index is 2.35. The average Bonchev–Trinajstić information content (AvgIpc) is 2.79. The third kappa shape index (κ3) is 3.09. The minimum absolute atomic E-state index is 0.0465. The third-order valence-electron chi connectivity index (χ3n) is 2.19. The molecule has 2 aromatic heterocycles. The molecule has 2 rings (SSSR count). The zero-order valence-electron chi connectivity index (χ0n) is 8.84. The Morgan fingerprint density at radius 1 is 1.06 bits per heavy atom. The molecule has 2 nitrogen and oxygen atoms in total. The summed E-state index contributed by atoms with van der Waals surface area (Å²) in [6.07, 6.45) is 0. The largest absolute Gasteiger partial charge is 0.309 e. The highest BCUT2D eigenvalue weighted by molar-refractivity contribution is 9.12. The molecule has 96 valence electrons. The van der Waals surface area contributed by atoms with Gasteiger partial charge in [0.2, 0.25) is 0 Å². The second-order valence-electron chi connectivity index (χ2n) is 3.31. The molecule has 0 radical (unpaired) electrons. The number of anilines is 1. The number of carbonyl (C=O) groups excluding carboxylic acids is 1. The first kappa shape index (κ1) is 15.2. The molecule has 0 saturated heterocycles. The lowest BCUT2D eigenvalue weighted by Crippen LogP contribution is -2.25. The minimum atomic E-state index is -0.0465. The predicted molar refractivity (Wildman–Crippen MR) is 92.2 cm³/mol. The fourth-order valence-electron chi connectivity index (χ4n) is 1.34. The molecule has 8 heteroatoms. The van der Waals surface area contributed by atoms with Crippen molar-refractivity contribution in [1.82, 2.24) is 0 Å². The van der Waals surface area contributed by atoms with Crippen LogP contribution in [0.1, 0.15) is 10.4 Å². The van der Waals surface area contributed by atoms with E-state index < -0.39 is 0 Å². The summed E-state index contributed by atoms with van der Waals surface area (Å²) < 4.78 is 3.67. The number of nitrogens with zero attached hydrogens (tertiary/aromatic N) is 1. The van der Waals surface area contributed by atoms with Gasteiger partial charge in [-0.25, -0.2) is 0 Å². The number of hydrogen-bond donors (Lipinski definition) is 0. The Hall–Kier alpha value is 0.790. The van der Waals surface area contributed by atoms with Gasteiger partial charge in [-0.15, -0.1) is 22.7 Å². The molecule has 0 aliphatic carbocycles. The maximum atomic E-state index is 12.4. The highest BCUT2D eigenvalue weighted by Gasteiger charge is 2.21. The summed E-state index contributed by atoms with van der Waals surface area (Å²) in [7, 11) is 1.76. The van der Waals surface area contributed by atoms with Gasteiger partial charge in [0.1, 0.15) is 0 Å². The van der Waals surface area contributed by atoms with Gasteiger partial charge < -0.3 is 4.90 Å². The van der Waals surface area contributed by atoms with Gasteiger partial charge in [0.25, 0.3) is 5.91 Å². The third-order valence-corrected chi connectivity index (χ3v) is 6.84. The fraction of sp³-hybridized carbons (Fsp3) is 0.100. The summed E-state index contributed by atoms with van der Waals surface area (Å²) in [5, 5.41) is 0. The van der Waals surface area contributed by atoms with Gasteiger partial charge in [-0.05, 0) is 75.9 Å². The highest BCUT2D eigenvalue weighted by Crippen LogP contribution is 2.39. The molecule has 0 saturated carbocycles. The molecule has 0 aliphatic rings. The lowest BCUT2D eigenvalue weighted by atomic mass is 10.3. The van der Waals surface area contributed by atoms with E-state index in [1.807, 2.05) is 12.1 Å². The maximum absolute atomic E-state index is 12.4. The van der Waals surface area contributed by atoms with E-state index in [1.165, 1.54) is 11.3 Å². The molecule has 0 atom stereocenters. The van der Waals surface area contributed by atoms with Crippen molar-refractivity contribution < 1.29 is 4.79 Å². The normalized spacial score (nSPS) is 10.7. The molecule has 2 heterocycles. The average molecular weight is 539 g/mol. The van der Waals surface area contributed by atoms with E-state index in [9.17, 15) is 4.79 Å². The summed E-state index contributed by atoms with van der Waals surface area (Å²) in [6.45, 7) is 0. The molecule has 2 aromatic rings. The second-order valence-corrected chi connectivity index (χ2v) is 10.8. The second kappa shape index (κ2) is 6.05. The molecule has 0 aromatic carbocycles. The molecule has 0 bridgehead atoms. The first-order valence-corrected chi connectivity index (χ1v) is 9.38. The van der Waals surface area contributed by atoms with Crippen LogP contribution in [0, 0.1) is 0 Å². The van der Waals surface area contributed by atoms with E-state index >= 15 is 0 Å². The van der Waals surface area contributed by atoms with Gasteiger partial charge in [0.05, 0.1) is 26.4 Å². The SMILES string of the molecule is CN(C(=O)c1cc(Br)sc1Br)c1cc(Br)sc1Br. The molecule has 0 unspecified atom stereocenters. The summed E-state index contributed by atoms with van der Waals surface area (Å²) in [5.41, 5.74) is 1.51. The molecular weight excluding hydrogens is 534 g/mol. The van der Waals surface area contributed by atoms with Crippen molar-refractivity contribution in [3.05, 3.63) is 32.8 Å². The number of halogens is 4. The highest BCUT2D eigenvalue weighted by atomic mass is 79.9. The van der Waals surface area contributed by atoms with Crippen molar-refractivity contribution in [2.24, 2.45) is 0 Å². The topological polar surface area (TPSA) is 20.3 Å². The summed E-state index contributed by atoms with van der Waals surface area (Å²) in [5.74, 6) is -0.0465. The molecule has 0 aliphatic heterocycles. The van der Waals surface area contributed by atoms with Gasteiger partial charge in [-0.2, -0.15) is 0 Å². The van der Waals surface area contributed by atoms with Gasteiger partial charge >= 0.3 is 0 Å². The van der Waals surface area contributed by atoms with Crippen LogP contribution in [0.5, 0.6) is 0 Å². The van der Waals surface area contributed by atoms with Crippen molar-refractivity contribution in [3.63, 3.8) is 0 Å². The van der Waals surface area contributed by atoms with Crippen LogP contribution in [-0.2, 0) is 0 Å². The number of amides is 1. The first-order chi connectivity index (χ1) is 8.40. The van der Waals surface area contributed by atoms with E-state index in [-0.39, 0.29) is 5.91 Å². The van der Waals surface area contributed by atoms with Crippen LogP contribution in [0.15, 0.2) is 27.3 Å². The Labute approximate surface area is 146 Å². The number of thiophene rings is 2. The first-order valence-electron chi connectivity index (χ1n) is 4.58. The number of rotatable bonds is 2. The summed E-state index contributed by atoms with van der Waals surface area (Å²) in [6, 6.07) is 3.74. The van der Waals surface area contributed by atoms with Gasteiger partial charge in [-0.3, -0.25) is 4.79 Å². The predicted octanol–water partition coefficient (Wildman–Crippen LogP) is 6.14. The lowest BCUT2D eigenvalue weighted by Gasteiger charge is -2.15. The van der Waals surface area contributed by atoms with E-state index in [0.717, 1.165) is 20.8 Å². The van der Waals surface area contributed by atoms with Crippen LogP contribution in [0.3, 0.4) is 0 Å². The Kier molecular flexibility index (Phi) is 5.10. The van der Waals surface area contributed by atoms with Gasteiger partial charge in [0, 0.05) is 7.05 Å². The zero-order chi connectivity index (χ0) is 13.4. The molecule has 18 heavy (non-hydrogen) atoms. The Morgan fingerprint density at radius 3 is 2.06 bits per heavy atom. The van der Waals surface area contributed by atoms with E-state index in [4.69, 9.17) is 0 Å². The zero-order valence-corrected chi connectivity index (χ0v) is 16.8. The van der Waals surface area contributed by atoms with Crippen LogP contribution in [-0.4, -0.2) is 13.0 Å². The van der Waals surface area contributed by atoms with Crippen LogP contribution in [0.4, 0.5) is 5.69 Å².